The number of nitrogens with one attached hydrogen (secondary N) is 1. The number of aromatic nitrogens is 4. The van der Waals surface area contributed by atoms with Gasteiger partial charge in [0.25, 0.3) is 0 Å². The molecule has 2 aliphatic rings. The molecule has 5 rings (SSSR count). The van der Waals surface area contributed by atoms with Gasteiger partial charge in [-0.2, -0.15) is 0 Å². The van der Waals surface area contributed by atoms with Crippen molar-refractivity contribution in [2.75, 3.05) is 0 Å². The van der Waals surface area contributed by atoms with E-state index in [1.165, 1.54) is 0 Å². The topological polar surface area (TPSA) is 81.9 Å². The zero-order chi connectivity index (χ0) is 23.7. The van der Waals surface area contributed by atoms with Gasteiger partial charge in [0.1, 0.15) is 17.8 Å². The average Bonchev–Trinajstić information content (AvgIpc) is 3.17. The normalized spacial score (nSPS) is 21.9. The van der Waals surface area contributed by atoms with Crippen molar-refractivity contribution in [3.8, 4) is 11.6 Å². The smallest absolute Gasteiger partial charge is 0.222 e. The molecule has 3 heterocycles. The summed E-state index contributed by atoms with van der Waals surface area (Å²) in [5, 5.41) is 13.1. The number of benzene rings is 1. The van der Waals surface area contributed by atoms with E-state index >= 15 is 0 Å². The van der Waals surface area contributed by atoms with Crippen LogP contribution in [0.1, 0.15) is 62.7 Å². The van der Waals surface area contributed by atoms with Gasteiger partial charge in [-0.05, 0) is 61.9 Å². The Morgan fingerprint density at radius 1 is 1.12 bits per heavy atom. The van der Waals surface area contributed by atoms with Crippen molar-refractivity contribution in [3.05, 3.63) is 64.8 Å². The molecule has 0 radical (unpaired) electrons. The number of rotatable bonds is 5. The summed E-state index contributed by atoms with van der Waals surface area (Å²) in [7, 11) is 0. The summed E-state index contributed by atoms with van der Waals surface area (Å²) in [5.74, 6) is 2.84. The lowest BCUT2D eigenvalue weighted by molar-refractivity contribution is -0.124. The summed E-state index contributed by atoms with van der Waals surface area (Å²) in [4.78, 5) is 16.7. The molecular formula is C26H30ClN5O2. The average molecular weight is 480 g/mol. The van der Waals surface area contributed by atoms with Crippen molar-refractivity contribution in [1.82, 2.24) is 25.1 Å². The molecule has 1 saturated carbocycles. The summed E-state index contributed by atoms with van der Waals surface area (Å²) in [5.41, 5.74) is 2.17. The second kappa shape index (κ2) is 9.74. The van der Waals surface area contributed by atoms with Crippen LogP contribution in [-0.4, -0.2) is 37.8 Å². The minimum atomic E-state index is -0.0704. The lowest BCUT2D eigenvalue weighted by Crippen LogP contribution is -2.40. The Hall–Kier alpha value is -2.93. The summed E-state index contributed by atoms with van der Waals surface area (Å²) < 4.78 is 8.29. The van der Waals surface area contributed by atoms with E-state index < -0.39 is 0 Å². The molecule has 1 atom stereocenters. The van der Waals surface area contributed by atoms with Gasteiger partial charge in [-0.1, -0.05) is 31.5 Å². The van der Waals surface area contributed by atoms with Crippen molar-refractivity contribution in [2.45, 2.75) is 70.4 Å². The summed E-state index contributed by atoms with van der Waals surface area (Å²) in [6.45, 7) is 3.82. The first-order valence-corrected chi connectivity index (χ1v) is 12.5. The van der Waals surface area contributed by atoms with Gasteiger partial charge < -0.3 is 10.1 Å². The van der Waals surface area contributed by atoms with Crippen LogP contribution in [0.2, 0.25) is 5.02 Å². The summed E-state index contributed by atoms with van der Waals surface area (Å²) in [6, 6.07) is 11.7. The Kier molecular flexibility index (Phi) is 6.55. The van der Waals surface area contributed by atoms with Crippen molar-refractivity contribution in [2.24, 2.45) is 5.92 Å². The number of ether oxygens (including phenoxy) is 1. The zero-order valence-corrected chi connectivity index (χ0v) is 20.3. The van der Waals surface area contributed by atoms with E-state index in [4.69, 9.17) is 16.3 Å². The number of hydrogen-bond donors (Lipinski definition) is 1. The lowest BCUT2D eigenvalue weighted by Gasteiger charge is -2.28. The number of fused-ring (bicyclic) bond motifs is 3. The molecule has 1 aromatic carbocycles. The van der Waals surface area contributed by atoms with Crippen LogP contribution in [-0.2, 0) is 17.6 Å². The predicted octanol–water partition coefficient (Wildman–Crippen LogP) is 4.66. The Morgan fingerprint density at radius 3 is 2.68 bits per heavy atom. The molecule has 178 valence electrons. The van der Waals surface area contributed by atoms with Gasteiger partial charge in [-0.15, -0.1) is 10.2 Å². The Labute approximate surface area is 204 Å². The number of carbonyl (C=O) groups is 1. The summed E-state index contributed by atoms with van der Waals surface area (Å²) in [6.07, 6.45) is 7.12. The second-order valence-electron chi connectivity index (χ2n) is 9.61. The van der Waals surface area contributed by atoms with Crippen LogP contribution >= 0.6 is 11.6 Å². The predicted molar refractivity (Wildman–Crippen MR) is 130 cm³/mol. The molecule has 7 nitrogen and oxygen atoms in total. The van der Waals surface area contributed by atoms with E-state index in [2.05, 4.69) is 31.1 Å². The largest absolute Gasteiger partial charge is 0.474 e. The third-order valence-corrected chi connectivity index (χ3v) is 7.00. The maximum atomic E-state index is 12.4. The van der Waals surface area contributed by atoms with Crippen LogP contribution in [0.3, 0.4) is 0 Å². The van der Waals surface area contributed by atoms with Gasteiger partial charge in [-0.3, -0.25) is 9.36 Å². The standard InChI is InChI=1S/C26H30ClN5O2/c1-16(2)26(33)29-20-14-18-13-19(27)8-11-22(18)32-23(15-20)30-31-25(32)17-6-9-21(10-7-17)34-24-5-3-4-12-28-24/h3-5,8,11-13,16-17,20-21H,6-7,9-10,14-15H2,1-2H3,(H,29,33)/t17?,20-,21?/m1/s1. The number of carbonyl (C=O) groups excluding carboxylic acids is 1. The third kappa shape index (κ3) is 4.80. The molecule has 34 heavy (non-hydrogen) atoms. The first-order chi connectivity index (χ1) is 16.5. The van der Waals surface area contributed by atoms with Crippen LogP contribution in [0.25, 0.3) is 5.69 Å². The van der Waals surface area contributed by atoms with Gasteiger partial charge in [0.2, 0.25) is 11.8 Å². The fraction of sp³-hybridized carbons (Fsp3) is 0.462. The van der Waals surface area contributed by atoms with E-state index in [1.807, 2.05) is 44.2 Å². The summed E-state index contributed by atoms with van der Waals surface area (Å²) >= 11 is 6.36. The molecule has 0 unspecified atom stereocenters. The van der Waals surface area contributed by atoms with E-state index in [0.29, 0.717) is 29.7 Å². The molecule has 8 heteroatoms. The van der Waals surface area contributed by atoms with E-state index in [-0.39, 0.29) is 24.0 Å². The molecule has 1 aliphatic carbocycles. The minimum absolute atomic E-state index is 0.0482. The highest BCUT2D eigenvalue weighted by Crippen LogP contribution is 2.37. The van der Waals surface area contributed by atoms with Crippen molar-refractivity contribution in [1.29, 1.82) is 0 Å². The maximum absolute atomic E-state index is 12.4. The zero-order valence-electron chi connectivity index (χ0n) is 19.6. The molecule has 1 fully saturated rings. The molecule has 1 N–H and O–H groups in total. The molecule has 0 bridgehead atoms. The molecular weight excluding hydrogens is 450 g/mol. The second-order valence-corrected chi connectivity index (χ2v) is 10.0. The fourth-order valence-corrected chi connectivity index (χ4v) is 5.17. The third-order valence-electron chi connectivity index (χ3n) is 6.77. The van der Waals surface area contributed by atoms with Crippen LogP contribution in [0.5, 0.6) is 5.88 Å². The van der Waals surface area contributed by atoms with Crippen molar-refractivity contribution >= 4 is 17.5 Å². The van der Waals surface area contributed by atoms with Crippen molar-refractivity contribution < 1.29 is 9.53 Å². The molecule has 1 amide bonds. The monoisotopic (exact) mass is 479 g/mol. The fourth-order valence-electron chi connectivity index (χ4n) is 4.98. The molecule has 0 saturated heterocycles. The molecule has 1 aliphatic heterocycles. The highest BCUT2D eigenvalue weighted by Gasteiger charge is 2.32. The first-order valence-electron chi connectivity index (χ1n) is 12.1. The van der Waals surface area contributed by atoms with Crippen LogP contribution in [0, 0.1) is 5.92 Å². The van der Waals surface area contributed by atoms with Gasteiger partial charge in [0, 0.05) is 41.6 Å². The van der Waals surface area contributed by atoms with Crippen LogP contribution < -0.4 is 10.1 Å². The minimum Gasteiger partial charge on any atom is -0.474 e. The SMILES string of the molecule is CC(C)C(=O)N[C@@H]1Cc2cc(Cl)ccc2-n2c(nnc2C2CCC(Oc3ccccn3)CC2)C1. The number of pyridine rings is 1. The van der Waals surface area contributed by atoms with Gasteiger partial charge >= 0.3 is 0 Å². The van der Waals surface area contributed by atoms with Crippen molar-refractivity contribution in [3.63, 3.8) is 0 Å². The Morgan fingerprint density at radius 2 is 1.94 bits per heavy atom. The lowest BCUT2D eigenvalue weighted by atomic mass is 9.86. The van der Waals surface area contributed by atoms with Crippen LogP contribution in [0.4, 0.5) is 0 Å². The number of halogens is 1. The highest BCUT2D eigenvalue weighted by molar-refractivity contribution is 6.30. The number of hydrogen-bond acceptors (Lipinski definition) is 5. The maximum Gasteiger partial charge on any atom is 0.222 e. The number of amides is 1. The Balaban J connectivity index is 1.38. The Bertz CT molecular complexity index is 1160. The highest BCUT2D eigenvalue weighted by atomic mass is 35.5. The van der Waals surface area contributed by atoms with E-state index in [9.17, 15) is 4.79 Å². The van der Waals surface area contributed by atoms with Crippen LogP contribution in [0.15, 0.2) is 42.6 Å². The van der Waals surface area contributed by atoms with Gasteiger partial charge in [-0.25, -0.2) is 4.98 Å². The van der Waals surface area contributed by atoms with E-state index in [1.54, 1.807) is 6.20 Å². The first kappa shape index (κ1) is 22.8. The van der Waals surface area contributed by atoms with Gasteiger partial charge in [0.15, 0.2) is 0 Å². The number of nitrogens with zero attached hydrogens (tertiary/aromatic N) is 4. The molecule has 0 spiro atoms. The van der Waals surface area contributed by atoms with Gasteiger partial charge in [0.05, 0.1) is 5.69 Å². The molecule has 2 aromatic heterocycles. The molecule has 3 aromatic rings. The van der Waals surface area contributed by atoms with E-state index in [0.717, 1.165) is 48.6 Å². The quantitative estimate of drug-likeness (QED) is 0.575.